The molecule has 0 saturated carbocycles. The average molecular weight is 284 g/mol. The van der Waals surface area contributed by atoms with Gasteiger partial charge in [0.1, 0.15) is 0 Å². The predicted octanol–water partition coefficient (Wildman–Crippen LogP) is 1.17. The van der Waals surface area contributed by atoms with Crippen molar-refractivity contribution >= 4 is 5.91 Å². The van der Waals surface area contributed by atoms with E-state index in [1.807, 2.05) is 11.8 Å². The molecule has 20 heavy (non-hydrogen) atoms. The smallest absolute Gasteiger partial charge is 0.239 e. The van der Waals surface area contributed by atoms with Crippen LogP contribution in [0.3, 0.4) is 0 Å². The molecule has 5 heteroatoms. The molecule has 2 rings (SSSR count). The van der Waals surface area contributed by atoms with Crippen molar-refractivity contribution in [1.82, 2.24) is 10.2 Å². The van der Waals surface area contributed by atoms with E-state index in [1.165, 1.54) is 0 Å². The van der Waals surface area contributed by atoms with Crippen molar-refractivity contribution in [3.05, 3.63) is 0 Å². The second-order valence-electron chi connectivity index (χ2n) is 5.83. The maximum atomic E-state index is 12.4. The van der Waals surface area contributed by atoms with Gasteiger partial charge < -0.3 is 19.7 Å². The molecule has 2 heterocycles. The molecule has 2 saturated heterocycles. The van der Waals surface area contributed by atoms with Crippen LogP contribution in [0.4, 0.5) is 0 Å². The van der Waals surface area contributed by atoms with Crippen molar-refractivity contribution in [3.63, 3.8) is 0 Å². The highest BCUT2D eigenvalue weighted by Gasteiger charge is 2.27. The van der Waals surface area contributed by atoms with Crippen LogP contribution in [0.5, 0.6) is 0 Å². The number of rotatable bonds is 5. The molecule has 116 valence electrons. The predicted molar refractivity (Wildman–Crippen MR) is 77.7 cm³/mol. The zero-order valence-electron chi connectivity index (χ0n) is 12.8. The van der Waals surface area contributed by atoms with Crippen molar-refractivity contribution in [2.75, 3.05) is 32.9 Å². The molecule has 1 N–H and O–H groups in total. The van der Waals surface area contributed by atoms with Crippen molar-refractivity contribution in [3.8, 4) is 0 Å². The summed E-state index contributed by atoms with van der Waals surface area (Å²) in [4.78, 5) is 14.3. The highest BCUT2D eigenvalue weighted by atomic mass is 16.5. The highest BCUT2D eigenvalue weighted by molar-refractivity contribution is 5.81. The van der Waals surface area contributed by atoms with Gasteiger partial charge in [0.2, 0.25) is 5.91 Å². The number of nitrogens with one attached hydrogen (secondary N) is 1. The summed E-state index contributed by atoms with van der Waals surface area (Å²) in [5, 5.41) is 3.49. The first-order chi connectivity index (χ1) is 9.70. The van der Waals surface area contributed by atoms with Crippen LogP contribution in [0.15, 0.2) is 0 Å². The van der Waals surface area contributed by atoms with E-state index < -0.39 is 0 Å². The van der Waals surface area contributed by atoms with Crippen LogP contribution in [0.2, 0.25) is 0 Å². The Labute approximate surface area is 122 Å². The molecule has 3 unspecified atom stereocenters. The van der Waals surface area contributed by atoms with E-state index in [9.17, 15) is 4.79 Å². The number of hydrogen-bond donors (Lipinski definition) is 1. The molecule has 0 radical (unpaired) electrons. The first-order valence-electron chi connectivity index (χ1n) is 7.95. The zero-order chi connectivity index (χ0) is 14.4. The normalized spacial score (nSPS) is 29.2. The minimum absolute atomic E-state index is 0.113. The number of hydrogen-bond acceptors (Lipinski definition) is 4. The lowest BCUT2D eigenvalue weighted by Gasteiger charge is -2.34. The van der Waals surface area contributed by atoms with Crippen LogP contribution in [-0.4, -0.2) is 61.9 Å². The molecule has 3 atom stereocenters. The van der Waals surface area contributed by atoms with Crippen molar-refractivity contribution < 1.29 is 14.3 Å². The summed E-state index contributed by atoms with van der Waals surface area (Å²) >= 11 is 0. The fraction of sp³-hybridized carbons (Fsp3) is 0.933. The van der Waals surface area contributed by atoms with Gasteiger partial charge in [-0.2, -0.15) is 0 Å². The summed E-state index contributed by atoms with van der Waals surface area (Å²) in [7, 11) is 0. The van der Waals surface area contributed by atoms with E-state index in [-0.39, 0.29) is 11.9 Å². The topological polar surface area (TPSA) is 50.8 Å². The molecule has 0 aromatic rings. The van der Waals surface area contributed by atoms with Gasteiger partial charge in [-0.1, -0.05) is 13.3 Å². The quantitative estimate of drug-likeness (QED) is 0.823. The Morgan fingerprint density at radius 3 is 2.80 bits per heavy atom. The molecule has 1 amide bonds. The van der Waals surface area contributed by atoms with Gasteiger partial charge in [0.15, 0.2) is 0 Å². The standard InChI is InChI=1S/C15H28N2O3/c1-3-4-14-11-13(5-8-20-14)16-12(2)15(18)17-6-9-19-10-7-17/h12-14,16H,3-11H2,1-2H3. The summed E-state index contributed by atoms with van der Waals surface area (Å²) in [5.74, 6) is 0.201. The van der Waals surface area contributed by atoms with Gasteiger partial charge in [-0.05, 0) is 26.2 Å². The largest absolute Gasteiger partial charge is 0.378 e. The molecule has 0 aliphatic carbocycles. The zero-order valence-corrected chi connectivity index (χ0v) is 12.8. The Morgan fingerprint density at radius 2 is 2.10 bits per heavy atom. The van der Waals surface area contributed by atoms with Gasteiger partial charge in [0, 0.05) is 25.7 Å². The average Bonchev–Trinajstić information content (AvgIpc) is 2.48. The summed E-state index contributed by atoms with van der Waals surface area (Å²) in [6.07, 6.45) is 4.65. The summed E-state index contributed by atoms with van der Waals surface area (Å²) < 4.78 is 11.0. The third kappa shape index (κ3) is 4.43. The molecule has 5 nitrogen and oxygen atoms in total. The van der Waals surface area contributed by atoms with E-state index in [1.54, 1.807) is 0 Å². The molecule has 0 aromatic carbocycles. The number of morpholine rings is 1. The molecule has 2 fully saturated rings. The van der Waals surface area contributed by atoms with Crippen molar-refractivity contribution in [1.29, 1.82) is 0 Å². The molecule has 0 spiro atoms. The minimum atomic E-state index is -0.113. The monoisotopic (exact) mass is 284 g/mol. The highest BCUT2D eigenvalue weighted by Crippen LogP contribution is 2.18. The second-order valence-corrected chi connectivity index (χ2v) is 5.83. The molecule has 0 aromatic heterocycles. The molecule has 0 bridgehead atoms. The van der Waals surface area contributed by atoms with Gasteiger partial charge in [0.25, 0.3) is 0 Å². The summed E-state index contributed by atoms with van der Waals surface area (Å²) in [6, 6.07) is 0.291. The van der Waals surface area contributed by atoms with Gasteiger partial charge in [-0.25, -0.2) is 0 Å². The third-order valence-electron chi connectivity index (χ3n) is 4.16. The fourth-order valence-corrected chi connectivity index (χ4v) is 3.04. The van der Waals surface area contributed by atoms with Crippen LogP contribution >= 0.6 is 0 Å². The van der Waals surface area contributed by atoms with E-state index >= 15 is 0 Å². The van der Waals surface area contributed by atoms with Crippen molar-refractivity contribution in [2.24, 2.45) is 0 Å². The third-order valence-corrected chi connectivity index (χ3v) is 4.16. The van der Waals surface area contributed by atoms with E-state index in [4.69, 9.17) is 9.47 Å². The number of nitrogens with zero attached hydrogens (tertiary/aromatic N) is 1. The molecule has 2 aliphatic heterocycles. The van der Waals surface area contributed by atoms with Crippen LogP contribution in [0, 0.1) is 0 Å². The van der Waals surface area contributed by atoms with Gasteiger partial charge in [-0.3, -0.25) is 4.79 Å². The molecular formula is C15H28N2O3. The molecule has 2 aliphatic rings. The van der Waals surface area contributed by atoms with Crippen LogP contribution in [0.25, 0.3) is 0 Å². The van der Waals surface area contributed by atoms with E-state index in [2.05, 4.69) is 12.2 Å². The van der Waals surface area contributed by atoms with E-state index in [0.29, 0.717) is 25.4 Å². The number of ether oxygens (including phenoxy) is 2. The first-order valence-corrected chi connectivity index (χ1v) is 7.95. The van der Waals surface area contributed by atoms with Crippen LogP contribution in [-0.2, 0) is 14.3 Å². The van der Waals surface area contributed by atoms with Crippen molar-refractivity contribution in [2.45, 2.75) is 57.7 Å². The maximum Gasteiger partial charge on any atom is 0.239 e. The second kappa shape index (κ2) is 7.96. The van der Waals surface area contributed by atoms with Gasteiger partial charge in [0.05, 0.1) is 25.4 Å². The molecular weight excluding hydrogens is 256 g/mol. The number of carbonyl (C=O) groups is 1. The lowest BCUT2D eigenvalue weighted by molar-refractivity contribution is -0.137. The Bertz CT molecular complexity index is 303. The van der Waals surface area contributed by atoms with E-state index in [0.717, 1.165) is 45.4 Å². The Morgan fingerprint density at radius 1 is 1.35 bits per heavy atom. The maximum absolute atomic E-state index is 12.4. The first kappa shape index (κ1) is 15.7. The fourth-order valence-electron chi connectivity index (χ4n) is 3.04. The van der Waals surface area contributed by atoms with Crippen LogP contribution < -0.4 is 5.32 Å². The summed E-state index contributed by atoms with van der Waals surface area (Å²) in [6.45, 7) is 7.73. The van der Waals surface area contributed by atoms with Crippen LogP contribution in [0.1, 0.15) is 39.5 Å². The number of amides is 1. The SMILES string of the molecule is CCCC1CC(NC(C)C(=O)N2CCOCC2)CCO1. The Balaban J connectivity index is 1.77. The van der Waals surface area contributed by atoms with Gasteiger partial charge >= 0.3 is 0 Å². The minimum Gasteiger partial charge on any atom is -0.378 e. The summed E-state index contributed by atoms with van der Waals surface area (Å²) in [5.41, 5.74) is 0. The Hall–Kier alpha value is -0.650. The lowest BCUT2D eigenvalue weighted by Crippen LogP contribution is -2.52. The lowest BCUT2D eigenvalue weighted by atomic mass is 9.99. The Kier molecular flexibility index (Phi) is 6.26. The van der Waals surface area contributed by atoms with Gasteiger partial charge in [-0.15, -0.1) is 0 Å². The number of carbonyl (C=O) groups excluding carboxylic acids is 1.